The van der Waals surface area contributed by atoms with Crippen molar-refractivity contribution in [1.82, 2.24) is 10.6 Å². The van der Waals surface area contributed by atoms with Gasteiger partial charge in [0, 0.05) is 30.8 Å². The first-order valence-electron chi connectivity index (χ1n) is 9.90. The van der Waals surface area contributed by atoms with Gasteiger partial charge in [0.05, 0.1) is 7.11 Å². The van der Waals surface area contributed by atoms with Crippen molar-refractivity contribution in [2.75, 3.05) is 13.7 Å². The van der Waals surface area contributed by atoms with Crippen LogP contribution in [0.15, 0.2) is 54.6 Å². The zero-order valence-corrected chi connectivity index (χ0v) is 17.8. The highest BCUT2D eigenvalue weighted by Gasteiger charge is 2.21. The molecule has 0 aromatic heterocycles. The van der Waals surface area contributed by atoms with E-state index in [0.717, 1.165) is 11.1 Å². The maximum atomic E-state index is 12.2. The predicted octanol–water partition coefficient (Wildman–Crippen LogP) is 3.07. The lowest BCUT2D eigenvalue weighted by atomic mass is 10.1. The third-order valence-electron chi connectivity index (χ3n) is 4.56. The third kappa shape index (κ3) is 8.66. The van der Waals surface area contributed by atoms with Crippen LogP contribution < -0.4 is 10.6 Å². The van der Waals surface area contributed by atoms with E-state index in [9.17, 15) is 14.4 Å². The fourth-order valence-corrected chi connectivity index (χ4v) is 3.07. The van der Waals surface area contributed by atoms with Crippen molar-refractivity contribution in [2.45, 2.75) is 38.1 Å². The van der Waals surface area contributed by atoms with Gasteiger partial charge in [-0.25, -0.2) is 4.79 Å². The van der Waals surface area contributed by atoms with Crippen LogP contribution in [0.4, 0.5) is 0 Å². The topological polar surface area (TPSA) is 84.5 Å². The number of carbonyl (C=O) groups is 3. The van der Waals surface area contributed by atoms with Crippen LogP contribution >= 0.6 is 11.6 Å². The molecule has 0 fully saturated rings. The summed E-state index contributed by atoms with van der Waals surface area (Å²) in [4.78, 5) is 36.1. The molecule has 7 heteroatoms. The largest absolute Gasteiger partial charge is 0.467 e. The van der Waals surface area contributed by atoms with E-state index in [4.69, 9.17) is 16.3 Å². The second-order valence-corrected chi connectivity index (χ2v) is 7.35. The number of nitrogens with one attached hydrogen (secondary N) is 2. The van der Waals surface area contributed by atoms with E-state index < -0.39 is 12.0 Å². The second-order valence-electron chi connectivity index (χ2n) is 6.91. The minimum absolute atomic E-state index is 0.106. The molecule has 0 saturated carbocycles. The van der Waals surface area contributed by atoms with E-state index in [1.807, 2.05) is 54.6 Å². The number of ether oxygens (including phenoxy) is 1. The molecule has 30 heavy (non-hydrogen) atoms. The Morgan fingerprint density at radius 1 is 0.933 bits per heavy atom. The highest BCUT2D eigenvalue weighted by atomic mass is 35.5. The first kappa shape index (κ1) is 23.4. The van der Waals surface area contributed by atoms with Crippen LogP contribution in [0.2, 0.25) is 5.02 Å². The van der Waals surface area contributed by atoms with Gasteiger partial charge in [0.2, 0.25) is 11.8 Å². The Balaban J connectivity index is 1.68. The average Bonchev–Trinajstić information content (AvgIpc) is 2.75. The molecule has 1 unspecified atom stereocenters. The monoisotopic (exact) mass is 430 g/mol. The Labute approximate surface area is 182 Å². The number of hydrogen-bond acceptors (Lipinski definition) is 4. The van der Waals surface area contributed by atoms with Crippen LogP contribution in [-0.4, -0.2) is 37.5 Å². The summed E-state index contributed by atoms with van der Waals surface area (Å²) in [5.74, 6) is -0.881. The molecule has 2 rings (SSSR count). The summed E-state index contributed by atoms with van der Waals surface area (Å²) >= 11 is 5.85. The van der Waals surface area contributed by atoms with Gasteiger partial charge in [-0.05, 0) is 36.1 Å². The SMILES string of the molecule is COC(=O)C(Cc1ccccc1)NC(=O)CCCC(=O)NCCc1ccc(Cl)cc1. The maximum Gasteiger partial charge on any atom is 0.328 e. The Hall–Kier alpha value is -2.86. The van der Waals surface area contributed by atoms with E-state index in [0.29, 0.717) is 30.8 Å². The summed E-state index contributed by atoms with van der Waals surface area (Å²) in [6.07, 6.45) is 1.87. The second kappa shape index (κ2) is 12.6. The molecule has 0 aliphatic carbocycles. The predicted molar refractivity (Wildman–Crippen MR) is 116 cm³/mol. The molecule has 0 spiro atoms. The molecule has 0 saturated heterocycles. The molecule has 0 heterocycles. The fraction of sp³-hybridized carbons (Fsp3) is 0.348. The number of amides is 2. The van der Waals surface area contributed by atoms with Crippen LogP contribution in [0.25, 0.3) is 0 Å². The van der Waals surface area contributed by atoms with E-state index in [1.54, 1.807) is 0 Å². The fourth-order valence-electron chi connectivity index (χ4n) is 2.95. The van der Waals surface area contributed by atoms with E-state index in [-0.39, 0.29) is 24.7 Å². The summed E-state index contributed by atoms with van der Waals surface area (Å²) in [6, 6.07) is 16.1. The molecular formula is C23H27ClN2O4. The summed E-state index contributed by atoms with van der Waals surface area (Å²) in [5, 5.41) is 6.23. The quantitative estimate of drug-likeness (QED) is 0.536. The molecule has 2 aromatic rings. The summed E-state index contributed by atoms with van der Waals surface area (Å²) in [6.45, 7) is 0.522. The van der Waals surface area contributed by atoms with Crippen molar-refractivity contribution in [2.24, 2.45) is 0 Å². The van der Waals surface area contributed by atoms with Gasteiger partial charge in [-0.1, -0.05) is 54.1 Å². The molecule has 0 bridgehead atoms. The summed E-state index contributed by atoms with van der Waals surface area (Å²) < 4.78 is 4.79. The van der Waals surface area contributed by atoms with Gasteiger partial charge in [0.25, 0.3) is 0 Å². The molecule has 2 amide bonds. The molecule has 2 N–H and O–H groups in total. The van der Waals surface area contributed by atoms with Crippen molar-refractivity contribution in [1.29, 1.82) is 0 Å². The highest BCUT2D eigenvalue weighted by Crippen LogP contribution is 2.09. The molecule has 0 aliphatic heterocycles. The Morgan fingerprint density at radius 3 is 2.27 bits per heavy atom. The van der Waals surface area contributed by atoms with Crippen molar-refractivity contribution in [3.05, 3.63) is 70.7 Å². The zero-order valence-electron chi connectivity index (χ0n) is 17.0. The highest BCUT2D eigenvalue weighted by molar-refractivity contribution is 6.30. The summed E-state index contributed by atoms with van der Waals surface area (Å²) in [5.41, 5.74) is 2.01. The van der Waals surface area contributed by atoms with Crippen molar-refractivity contribution < 1.29 is 19.1 Å². The third-order valence-corrected chi connectivity index (χ3v) is 4.81. The molecule has 1 atom stereocenters. The minimum atomic E-state index is -0.752. The standard InChI is InChI=1S/C23H27ClN2O4/c1-30-23(29)20(16-18-6-3-2-4-7-18)26-22(28)9-5-8-21(27)25-15-14-17-10-12-19(24)13-11-17/h2-4,6-7,10-13,20H,5,8-9,14-16H2,1H3,(H,25,27)(H,26,28). The zero-order chi connectivity index (χ0) is 21.8. The van der Waals surface area contributed by atoms with Crippen molar-refractivity contribution in [3.8, 4) is 0 Å². The molecular weight excluding hydrogens is 404 g/mol. The van der Waals surface area contributed by atoms with Gasteiger partial charge in [-0.2, -0.15) is 0 Å². The van der Waals surface area contributed by atoms with Gasteiger partial charge >= 0.3 is 5.97 Å². The number of halogens is 1. The lowest BCUT2D eigenvalue weighted by molar-refractivity contribution is -0.145. The van der Waals surface area contributed by atoms with Crippen LogP contribution in [0.3, 0.4) is 0 Å². The van der Waals surface area contributed by atoms with Crippen molar-refractivity contribution >= 4 is 29.4 Å². The lowest BCUT2D eigenvalue weighted by Crippen LogP contribution is -2.43. The molecule has 160 valence electrons. The van der Waals surface area contributed by atoms with Gasteiger partial charge in [-0.15, -0.1) is 0 Å². The first-order valence-corrected chi connectivity index (χ1v) is 10.3. The van der Waals surface area contributed by atoms with Gasteiger partial charge in [-0.3, -0.25) is 9.59 Å². The van der Waals surface area contributed by atoms with Crippen LogP contribution in [-0.2, 0) is 32.0 Å². The lowest BCUT2D eigenvalue weighted by Gasteiger charge is -2.16. The molecule has 0 aliphatic rings. The van der Waals surface area contributed by atoms with Gasteiger partial charge in [0.1, 0.15) is 6.04 Å². The Kier molecular flexibility index (Phi) is 9.87. The van der Waals surface area contributed by atoms with Crippen molar-refractivity contribution in [3.63, 3.8) is 0 Å². The number of rotatable bonds is 11. The van der Waals surface area contributed by atoms with Gasteiger partial charge in [0.15, 0.2) is 0 Å². The smallest absolute Gasteiger partial charge is 0.328 e. The number of benzene rings is 2. The number of carbonyl (C=O) groups excluding carboxylic acids is 3. The Bertz CT molecular complexity index is 825. The van der Waals surface area contributed by atoms with E-state index >= 15 is 0 Å². The Morgan fingerprint density at radius 2 is 1.60 bits per heavy atom. The van der Waals surface area contributed by atoms with Crippen LogP contribution in [0.5, 0.6) is 0 Å². The number of hydrogen-bond donors (Lipinski definition) is 2. The van der Waals surface area contributed by atoms with E-state index in [2.05, 4.69) is 10.6 Å². The summed E-state index contributed by atoms with van der Waals surface area (Å²) in [7, 11) is 1.29. The number of esters is 1. The molecule has 0 radical (unpaired) electrons. The number of methoxy groups -OCH3 is 1. The molecule has 6 nitrogen and oxygen atoms in total. The minimum Gasteiger partial charge on any atom is -0.467 e. The average molecular weight is 431 g/mol. The first-order chi connectivity index (χ1) is 14.5. The van der Waals surface area contributed by atoms with E-state index in [1.165, 1.54) is 7.11 Å². The van der Waals surface area contributed by atoms with Gasteiger partial charge < -0.3 is 15.4 Å². The molecule has 2 aromatic carbocycles. The normalized spacial score (nSPS) is 11.4. The van der Waals surface area contributed by atoms with Crippen LogP contribution in [0.1, 0.15) is 30.4 Å². The maximum absolute atomic E-state index is 12.2. The van der Waals surface area contributed by atoms with Crippen LogP contribution in [0, 0.1) is 0 Å².